The molecular formula is C18H11Cl2NO5S. The smallest absolute Gasteiger partial charge is 0.293 e. The molecule has 0 unspecified atom stereocenters. The number of aromatic hydroxyl groups is 1. The molecule has 2 heterocycles. The summed E-state index contributed by atoms with van der Waals surface area (Å²) in [6.45, 7) is 0.127. The molecule has 0 atom stereocenters. The number of hydrogen-bond acceptors (Lipinski definition) is 6. The molecule has 0 bridgehead atoms. The van der Waals surface area contributed by atoms with Crippen LogP contribution >= 0.6 is 35.0 Å². The van der Waals surface area contributed by atoms with Crippen molar-refractivity contribution in [3.05, 3.63) is 56.4 Å². The third-order valence-electron chi connectivity index (χ3n) is 4.01. The summed E-state index contributed by atoms with van der Waals surface area (Å²) in [4.78, 5) is 26.3. The van der Waals surface area contributed by atoms with E-state index in [2.05, 4.69) is 0 Å². The number of imide groups is 1. The Kier molecular flexibility index (Phi) is 4.67. The van der Waals surface area contributed by atoms with E-state index in [1.807, 2.05) is 0 Å². The Morgan fingerprint density at radius 3 is 2.59 bits per heavy atom. The number of phenolic OH excluding ortho intramolecular Hbond substituents is 1. The van der Waals surface area contributed by atoms with Crippen LogP contribution in [0.5, 0.6) is 17.2 Å². The van der Waals surface area contributed by atoms with E-state index in [0.717, 1.165) is 16.7 Å². The predicted octanol–water partition coefficient (Wildman–Crippen LogP) is 4.66. The lowest BCUT2D eigenvalue weighted by atomic mass is 10.1. The number of phenols is 1. The molecule has 2 aliphatic rings. The van der Waals surface area contributed by atoms with Gasteiger partial charge in [-0.25, -0.2) is 0 Å². The SMILES string of the molecule is O=C1S/C(=C\c2ccc(O)c(Cl)c2)C(=O)N1Cc1cc2c(cc1Cl)OCO2. The zero-order valence-corrected chi connectivity index (χ0v) is 15.9. The van der Waals surface area contributed by atoms with E-state index in [4.69, 9.17) is 32.7 Å². The molecule has 4 rings (SSSR count). The van der Waals surface area contributed by atoms with Gasteiger partial charge in [-0.05, 0) is 47.2 Å². The van der Waals surface area contributed by atoms with Crippen molar-refractivity contribution < 1.29 is 24.2 Å². The number of rotatable bonds is 3. The standard InChI is InChI=1S/C18H11Cl2NO5S/c19-11-6-15-14(25-8-26-15)5-10(11)7-21-17(23)16(27-18(21)24)4-9-1-2-13(22)12(20)3-9/h1-6,22H,7-8H2/b16-4-. The summed E-state index contributed by atoms with van der Waals surface area (Å²) < 4.78 is 10.6. The number of thioether (sulfide) groups is 1. The highest BCUT2D eigenvalue weighted by Crippen LogP contribution is 2.39. The Morgan fingerprint density at radius 1 is 1.11 bits per heavy atom. The second kappa shape index (κ2) is 6.99. The maximum absolute atomic E-state index is 12.7. The van der Waals surface area contributed by atoms with Crippen LogP contribution in [0.4, 0.5) is 4.79 Å². The second-order valence-corrected chi connectivity index (χ2v) is 7.58. The van der Waals surface area contributed by atoms with E-state index in [-0.39, 0.29) is 29.0 Å². The van der Waals surface area contributed by atoms with Crippen LogP contribution in [0.2, 0.25) is 10.0 Å². The highest BCUT2D eigenvalue weighted by atomic mass is 35.5. The van der Waals surface area contributed by atoms with Gasteiger partial charge in [0.05, 0.1) is 16.5 Å². The molecule has 2 aromatic rings. The van der Waals surface area contributed by atoms with Crippen molar-refractivity contribution in [3.8, 4) is 17.2 Å². The fourth-order valence-corrected chi connectivity index (χ4v) is 3.89. The van der Waals surface area contributed by atoms with Crippen LogP contribution in [0.15, 0.2) is 35.2 Å². The molecule has 2 aromatic carbocycles. The molecule has 0 radical (unpaired) electrons. The maximum Gasteiger partial charge on any atom is 0.293 e. The maximum atomic E-state index is 12.7. The van der Waals surface area contributed by atoms with E-state index >= 15 is 0 Å². The molecule has 27 heavy (non-hydrogen) atoms. The number of carbonyl (C=O) groups excluding carboxylic acids is 2. The summed E-state index contributed by atoms with van der Waals surface area (Å²) in [5, 5.41) is 9.62. The lowest BCUT2D eigenvalue weighted by molar-refractivity contribution is -0.123. The lowest BCUT2D eigenvalue weighted by Gasteiger charge is -2.14. The molecule has 2 aliphatic heterocycles. The highest BCUT2D eigenvalue weighted by Gasteiger charge is 2.35. The van der Waals surface area contributed by atoms with Crippen LogP contribution in [0.3, 0.4) is 0 Å². The van der Waals surface area contributed by atoms with E-state index in [0.29, 0.717) is 27.6 Å². The monoisotopic (exact) mass is 423 g/mol. The van der Waals surface area contributed by atoms with Crippen LogP contribution in [0, 0.1) is 0 Å². The molecule has 0 saturated carbocycles. The summed E-state index contributed by atoms with van der Waals surface area (Å²) in [6, 6.07) is 7.80. The minimum atomic E-state index is -0.428. The largest absolute Gasteiger partial charge is 0.506 e. The summed E-state index contributed by atoms with van der Waals surface area (Å²) >= 11 is 12.9. The summed E-state index contributed by atoms with van der Waals surface area (Å²) in [5.74, 6) is 0.569. The average Bonchev–Trinajstić information content (AvgIpc) is 3.17. The number of fused-ring (bicyclic) bond motifs is 1. The van der Waals surface area contributed by atoms with E-state index < -0.39 is 11.1 Å². The molecule has 1 saturated heterocycles. The van der Waals surface area contributed by atoms with Crippen molar-refractivity contribution in [1.82, 2.24) is 4.90 Å². The number of benzene rings is 2. The van der Waals surface area contributed by atoms with Crippen LogP contribution in [-0.4, -0.2) is 27.9 Å². The molecule has 0 aromatic heterocycles. The van der Waals surface area contributed by atoms with Gasteiger partial charge < -0.3 is 14.6 Å². The molecule has 0 spiro atoms. The third-order valence-corrected chi connectivity index (χ3v) is 5.58. The zero-order chi connectivity index (χ0) is 19.1. The number of halogens is 2. The molecule has 2 amide bonds. The fourth-order valence-electron chi connectivity index (χ4n) is 2.65. The van der Waals surface area contributed by atoms with Crippen LogP contribution < -0.4 is 9.47 Å². The molecule has 1 N–H and O–H groups in total. The molecule has 9 heteroatoms. The topological polar surface area (TPSA) is 76.1 Å². The van der Waals surface area contributed by atoms with Gasteiger partial charge in [-0.3, -0.25) is 14.5 Å². The van der Waals surface area contributed by atoms with Gasteiger partial charge in [-0.2, -0.15) is 0 Å². The van der Waals surface area contributed by atoms with Crippen molar-refractivity contribution in [2.45, 2.75) is 6.54 Å². The van der Waals surface area contributed by atoms with Gasteiger partial charge in [0.2, 0.25) is 6.79 Å². The minimum absolute atomic E-state index is 0.0216. The first kappa shape index (κ1) is 18.0. The Morgan fingerprint density at radius 2 is 1.85 bits per heavy atom. The van der Waals surface area contributed by atoms with Crippen LogP contribution in [0.1, 0.15) is 11.1 Å². The van der Waals surface area contributed by atoms with Crippen molar-refractivity contribution in [3.63, 3.8) is 0 Å². The van der Waals surface area contributed by atoms with Crippen LogP contribution in [0.25, 0.3) is 6.08 Å². The van der Waals surface area contributed by atoms with Gasteiger partial charge in [0, 0.05) is 11.1 Å². The van der Waals surface area contributed by atoms with Gasteiger partial charge in [0.25, 0.3) is 11.1 Å². The van der Waals surface area contributed by atoms with Gasteiger partial charge in [-0.15, -0.1) is 0 Å². The Hall–Kier alpha value is -2.35. The first-order valence-electron chi connectivity index (χ1n) is 7.74. The Balaban J connectivity index is 1.58. The van der Waals surface area contributed by atoms with Crippen molar-refractivity contribution >= 4 is 52.2 Å². The first-order valence-corrected chi connectivity index (χ1v) is 9.31. The number of nitrogens with zero attached hydrogens (tertiary/aromatic N) is 1. The molecule has 6 nitrogen and oxygen atoms in total. The predicted molar refractivity (Wildman–Crippen MR) is 102 cm³/mol. The summed E-state index contributed by atoms with van der Waals surface area (Å²) in [7, 11) is 0. The second-order valence-electron chi connectivity index (χ2n) is 5.78. The average molecular weight is 424 g/mol. The van der Waals surface area contributed by atoms with Gasteiger partial charge >= 0.3 is 0 Å². The Bertz CT molecular complexity index is 1010. The quantitative estimate of drug-likeness (QED) is 0.723. The third kappa shape index (κ3) is 3.45. The van der Waals surface area contributed by atoms with Crippen molar-refractivity contribution in [2.75, 3.05) is 6.79 Å². The number of amides is 2. The number of ether oxygens (including phenoxy) is 2. The number of carbonyl (C=O) groups is 2. The first-order chi connectivity index (χ1) is 12.9. The lowest BCUT2D eigenvalue weighted by Crippen LogP contribution is -2.27. The number of hydrogen-bond donors (Lipinski definition) is 1. The van der Waals surface area contributed by atoms with Gasteiger partial charge in [0.15, 0.2) is 11.5 Å². The van der Waals surface area contributed by atoms with Crippen molar-refractivity contribution in [2.24, 2.45) is 0 Å². The molecular weight excluding hydrogens is 413 g/mol. The molecule has 138 valence electrons. The highest BCUT2D eigenvalue weighted by molar-refractivity contribution is 8.18. The molecule has 0 aliphatic carbocycles. The molecule has 1 fully saturated rings. The Labute approximate surface area is 168 Å². The van der Waals surface area contributed by atoms with E-state index in [1.165, 1.54) is 12.1 Å². The van der Waals surface area contributed by atoms with Crippen molar-refractivity contribution in [1.29, 1.82) is 0 Å². The normalized spacial score (nSPS) is 17.3. The zero-order valence-electron chi connectivity index (χ0n) is 13.6. The van der Waals surface area contributed by atoms with Gasteiger partial charge in [-0.1, -0.05) is 29.3 Å². The van der Waals surface area contributed by atoms with E-state index in [9.17, 15) is 14.7 Å². The van der Waals surface area contributed by atoms with Gasteiger partial charge in [0.1, 0.15) is 5.75 Å². The fraction of sp³-hybridized carbons (Fsp3) is 0.111. The summed E-state index contributed by atoms with van der Waals surface area (Å²) in [5.41, 5.74) is 1.18. The van der Waals surface area contributed by atoms with E-state index in [1.54, 1.807) is 24.3 Å². The van der Waals surface area contributed by atoms with Crippen LogP contribution in [-0.2, 0) is 11.3 Å². The minimum Gasteiger partial charge on any atom is -0.506 e. The summed E-state index contributed by atoms with van der Waals surface area (Å²) in [6.07, 6.45) is 1.55.